The van der Waals surface area contributed by atoms with Crippen molar-refractivity contribution in [1.29, 1.82) is 0 Å². The summed E-state index contributed by atoms with van der Waals surface area (Å²) in [5.74, 6) is 0.672. The standard InChI is InChI=1S/C11H14N2.C10H8O3S/c12-9-6-5-8-7-3-1-2-4-10(7)13-11(8)9;11-14(12,13)10-6-5-8-3-1-2-4-9(8)7-10/h1-4,8-9,11,13H,5-6,12H2;1-7H,(H,11,12,13). The quantitative estimate of drug-likeness (QED) is 0.557. The highest BCUT2D eigenvalue weighted by atomic mass is 32.2. The molecule has 1 heterocycles. The number of anilines is 1. The Morgan fingerprint density at radius 3 is 2.41 bits per heavy atom. The van der Waals surface area contributed by atoms with E-state index in [1.165, 1.54) is 29.8 Å². The third-order valence-electron chi connectivity index (χ3n) is 5.41. The number of benzene rings is 3. The number of fused-ring (bicyclic) bond motifs is 4. The molecule has 4 N–H and O–H groups in total. The maximum atomic E-state index is 10.8. The van der Waals surface area contributed by atoms with Gasteiger partial charge in [-0.15, -0.1) is 0 Å². The fraction of sp³-hybridized carbons (Fsp3) is 0.238. The molecule has 3 unspecified atom stereocenters. The minimum absolute atomic E-state index is 0.0730. The van der Waals surface area contributed by atoms with Crippen LogP contribution >= 0.6 is 0 Å². The topological polar surface area (TPSA) is 92.4 Å². The van der Waals surface area contributed by atoms with Gasteiger partial charge in [0.1, 0.15) is 0 Å². The van der Waals surface area contributed by atoms with Gasteiger partial charge in [-0.25, -0.2) is 0 Å². The molecule has 1 fully saturated rings. The minimum Gasteiger partial charge on any atom is -0.380 e. The highest BCUT2D eigenvalue weighted by Crippen LogP contribution is 2.44. The second kappa shape index (κ2) is 6.96. The molecule has 0 spiro atoms. The van der Waals surface area contributed by atoms with Gasteiger partial charge < -0.3 is 11.1 Å². The van der Waals surface area contributed by atoms with E-state index in [2.05, 4.69) is 29.6 Å². The van der Waals surface area contributed by atoms with Crippen LogP contribution < -0.4 is 11.1 Å². The van der Waals surface area contributed by atoms with Crippen LogP contribution in [0.4, 0.5) is 5.69 Å². The third-order valence-corrected chi connectivity index (χ3v) is 6.26. The summed E-state index contributed by atoms with van der Waals surface area (Å²) >= 11 is 0. The normalized spacial score (nSPS) is 23.1. The van der Waals surface area contributed by atoms with Crippen LogP contribution in [0.5, 0.6) is 0 Å². The van der Waals surface area contributed by atoms with Crippen molar-refractivity contribution in [2.75, 3.05) is 5.32 Å². The van der Waals surface area contributed by atoms with E-state index in [4.69, 9.17) is 10.3 Å². The van der Waals surface area contributed by atoms with Crippen LogP contribution in [0.25, 0.3) is 10.8 Å². The molecular formula is C21H22N2O3S. The Balaban J connectivity index is 0.000000134. The Hall–Kier alpha value is -2.41. The van der Waals surface area contributed by atoms with Crippen molar-refractivity contribution in [3.8, 4) is 0 Å². The first-order valence-corrected chi connectivity index (χ1v) is 10.4. The van der Waals surface area contributed by atoms with Gasteiger partial charge in [0.25, 0.3) is 10.1 Å². The average molecular weight is 382 g/mol. The molecule has 3 atom stereocenters. The van der Waals surface area contributed by atoms with Crippen LogP contribution in [0.2, 0.25) is 0 Å². The molecule has 27 heavy (non-hydrogen) atoms. The number of nitrogens with two attached hydrogens (primary N) is 1. The van der Waals surface area contributed by atoms with Crippen molar-refractivity contribution in [3.05, 3.63) is 72.3 Å². The molecule has 5 nitrogen and oxygen atoms in total. The maximum Gasteiger partial charge on any atom is 0.294 e. The van der Waals surface area contributed by atoms with Crippen LogP contribution in [0.1, 0.15) is 24.3 Å². The second-order valence-corrected chi connectivity index (χ2v) is 8.51. The summed E-state index contributed by atoms with van der Waals surface area (Å²) < 4.78 is 30.5. The van der Waals surface area contributed by atoms with Crippen molar-refractivity contribution < 1.29 is 13.0 Å². The van der Waals surface area contributed by atoms with E-state index in [-0.39, 0.29) is 4.90 Å². The smallest absolute Gasteiger partial charge is 0.294 e. The van der Waals surface area contributed by atoms with E-state index in [0.717, 1.165) is 17.2 Å². The SMILES string of the molecule is NC1CCC2c3ccccc3NC12.O=S(=O)(O)c1ccc2ccccc2c1. The maximum absolute atomic E-state index is 10.8. The Kier molecular flexibility index (Phi) is 4.63. The number of nitrogens with one attached hydrogen (secondary N) is 1. The summed E-state index contributed by atoms with van der Waals surface area (Å²) in [6, 6.07) is 21.3. The van der Waals surface area contributed by atoms with Gasteiger partial charge in [-0.1, -0.05) is 48.5 Å². The lowest BCUT2D eigenvalue weighted by Crippen LogP contribution is -2.35. The van der Waals surface area contributed by atoms with Gasteiger partial charge in [0.2, 0.25) is 0 Å². The molecule has 2 aliphatic rings. The largest absolute Gasteiger partial charge is 0.380 e. The van der Waals surface area contributed by atoms with Crippen LogP contribution in [0, 0.1) is 0 Å². The van der Waals surface area contributed by atoms with Crippen molar-refractivity contribution in [2.24, 2.45) is 5.73 Å². The molecule has 5 rings (SSSR count). The van der Waals surface area contributed by atoms with E-state index < -0.39 is 10.1 Å². The lowest BCUT2D eigenvalue weighted by atomic mass is 9.97. The second-order valence-electron chi connectivity index (χ2n) is 7.09. The number of hydrogen-bond acceptors (Lipinski definition) is 4. The highest BCUT2D eigenvalue weighted by molar-refractivity contribution is 7.85. The predicted octanol–water partition coefficient (Wildman–Crippen LogP) is 3.77. The lowest BCUT2D eigenvalue weighted by molar-refractivity contribution is 0.483. The first-order chi connectivity index (χ1) is 12.9. The van der Waals surface area contributed by atoms with Gasteiger partial charge in [-0.3, -0.25) is 4.55 Å². The summed E-state index contributed by atoms with van der Waals surface area (Å²) in [5.41, 5.74) is 8.81. The molecule has 0 amide bonds. The van der Waals surface area contributed by atoms with Crippen LogP contribution in [-0.4, -0.2) is 25.1 Å². The zero-order valence-electron chi connectivity index (χ0n) is 14.7. The Bertz CT molecular complexity index is 1080. The number of para-hydroxylation sites is 1. The van der Waals surface area contributed by atoms with E-state index in [1.807, 2.05) is 18.2 Å². The molecule has 0 aromatic heterocycles. The van der Waals surface area contributed by atoms with Gasteiger partial charge in [0, 0.05) is 23.7 Å². The molecule has 140 valence electrons. The van der Waals surface area contributed by atoms with Gasteiger partial charge in [0.05, 0.1) is 4.90 Å². The summed E-state index contributed by atoms with van der Waals surface area (Å²) in [4.78, 5) is -0.0730. The van der Waals surface area contributed by atoms with Gasteiger partial charge in [-0.2, -0.15) is 8.42 Å². The molecule has 0 radical (unpaired) electrons. The first kappa shape index (κ1) is 18.0. The van der Waals surface area contributed by atoms with Gasteiger partial charge >= 0.3 is 0 Å². The molecule has 0 bridgehead atoms. The summed E-state index contributed by atoms with van der Waals surface area (Å²) in [5, 5.41) is 5.26. The highest BCUT2D eigenvalue weighted by Gasteiger charge is 2.40. The van der Waals surface area contributed by atoms with Gasteiger partial charge in [-0.05, 0) is 47.4 Å². The third kappa shape index (κ3) is 3.56. The fourth-order valence-electron chi connectivity index (χ4n) is 4.05. The molecule has 0 saturated heterocycles. The predicted molar refractivity (Wildman–Crippen MR) is 108 cm³/mol. The molecule has 1 saturated carbocycles. The minimum atomic E-state index is -4.09. The fourth-order valence-corrected chi connectivity index (χ4v) is 4.56. The summed E-state index contributed by atoms with van der Waals surface area (Å²) in [6.07, 6.45) is 2.41. The molecule has 1 aliphatic heterocycles. The monoisotopic (exact) mass is 382 g/mol. The zero-order valence-corrected chi connectivity index (χ0v) is 15.6. The van der Waals surface area contributed by atoms with Crippen molar-refractivity contribution in [3.63, 3.8) is 0 Å². The van der Waals surface area contributed by atoms with Crippen LogP contribution in [-0.2, 0) is 10.1 Å². The van der Waals surface area contributed by atoms with Crippen LogP contribution in [0.15, 0.2) is 71.6 Å². The van der Waals surface area contributed by atoms with E-state index >= 15 is 0 Å². The Morgan fingerprint density at radius 1 is 0.926 bits per heavy atom. The van der Waals surface area contributed by atoms with Crippen molar-refractivity contribution >= 4 is 26.6 Å². The molecule has 3 aromatic carbocycles. The summed E-state index contributed by atoms with van der Waals surface area (Å²) in [6.45, 7) is 0. The molecule has 1 aliphatic carbocycles. The number of hydrogen-bond donors (Lipinski definition) is 3. The lowest BCUT2D eigenvalue weighted by Gasteiger charge is -2.14. The average Bonchev–Trinajstić information content (AvgIpc) is 3.21. The zero-order chi connectivity index (χ0) is 19.0. The van der Waals surface area contributed by atoms with Crippen molar-refractivity contribution in [1.82, 2.24) is 0 Å². The molecular weight excluding hydrogens is 360 g/mol. The van der Waals surface area contributed by atoms with E-state index in [9.17, 15) is 8.42 Å². The van der Waals surface area contributed by atoms with Gasteiger partial charge in [0.15, 0.2) is 0 Å². The van der Waals surface area contributed by atoms with E-state index in [0.29, 0.717) is 18.0 Å². The van der Waals surface area contributed by atoms with E-state index in [1.54, 1.807) is 12.1 Å². The Morgan fingerprint density at radius 2 is 1.63 bits per heavy atom. The van der Waals surface area contributed by atoms with Crippen molar-refractivity contribution in [2.45, 2.75) is 35.7 Å². The van der Waals surface area contributed by atoms with Crippen LogP contribution in [0.3, 0.4) is 0 Å². The number of rotatable bonds is 1. The first-order valence-electron chi connectivity index (χ1n) is 9.01. The molecule has 6 heteroatoms. The summed E-state index contributed by atoms with van der Waals surface area (Å²) in [7, 11) is -4.09. The molecule has 3 aromatic rings. The Labute approximate surface area is 159 Å².